The van der Waals surface area contributed by atoms with Crippen molar-refractivity contribution in [3.8, 4) is 11.4 Å². The molecule has 0 spiro atoms. The van der Waals surface area contributed by atoms with Crippen molar-refractivity contribution < 1.29 is 4.79 Å². The Labute approximate surface area is 169 Å². The second-order valence-corrected chi connectivity index (χ2v) is 7.29. The Kier molecular flexibility index (Phi) is 6.97. The van der Waals surface area contributed by atoms with Crippen molar-refractivity contribution in [2.24, 2.45) is 0 Å². The summed E-state index contributed by atoms with van der Waals surface area (Å²) in [5.41, 5.74) is 2.09. The van der Waals surface area contributed by atoms with Crippen LogP contribution in [0.5, 0.6) is 0 Å². The maximum Gasteiger partial charge on any atom is 0.230 e. The minimum absolute atomic E-state index is 0.0242. The van der Waals surface area contributed by atoms with Crippen molar-refractivity contribution in [1.82, 2.24) is 25.1 Å². The number of amides is 1. The van der Waals surface area contributed by atoms with Crippen molar-refractivity contribution in [1.29, 1.82) is 0 Å². The normalized spacial score (nSPS) is 11.8. The molecular formula is C21H23N5OS. The molecule has 0 aliphatic carbocycles. The van der Waals surface area contributed by atoms with Gasteiger partial charge in [-0.3, -0.25) is 14.3 Å². The summed E-state index contributed by atoms with van der Waals surface area (Å²) in [5.74, 6) is 1.23. The van der Waals surface area contributed by atoms with Crippen molar-refractivity contribution in [2.45, 2.75) is 24.5 Å². The number of rotatable bonds is 9. The van der Waals surface area contributed by atoms with Gasteiger partial charge in [0.05, 0.1) is 5.75 Å². The summed E-state index contributed by atoms with van der Waals surface area (Å²) in [5, 5.41) is 12.2. The average molecular weight is 394 g/mol. The molecule has 144 valence electrons. The van der Waals surface area contributed by atoms with Crippen molar-refractivity contribution >= 4 is 17.7 Å². The van der Waals surface area contributed by atoms with Gasteiger partial charge in [-0.1, -0.05) is 55.1 Å². The first kappa shape index (κ1) is 19.8. The minimum Gasteiger partial charge on any atom is -0.355 e. The molecule has 28 heavy (non-hydrogen) atoms. The number of nitrogens with one attached hydrogen (secondary N) is 1. The van der Waals surface area contributed by atoms with Crippen LogP contribution in [0, 0.1) is 0 Å². The number of pyridine rings is 1. The van der Waals surface area contributed by atoms with E-state index >= 15 is 0 Å². The number of hydrogen-bond donors (Lipinski definition) is 1. The summed E-state index contributed by atoms with van der Waals surface area (Å²) >= 11 is 1.37. The molecule has 0 saturated heterocycles. The molecule has 1 amide bonds. The molecule has 0 unspecified atom stereocenters. The molecule has 0 bridgehead atoms. The van der Waals surface area contributed by atoms with Crippen LogP contribution in [0.25, 0.3) is 11.4 Å². The van der Waals surface area contributed by atoms with Gasteiger partial charge >= 0.3 is 0 Å². The van der Waals surface area contributed by atoms with Gasteiger partial charge in [0, 0.05) is 31.0 Å². The highest BCUT2D eigenvalue weighted by Crippen LogP contribution is 2.23. The molecule has 6 nitrogen and oxygen atoms in total. The van der Waals surface area contributed by atoms with Crippen LogP contribution in [0.4, 0.5) is 0 Å². The molecule has 3 rings (SSSR count). The van der Waals surface area contributed by atoms with E-state index in [0.29, 0.717) is 24.1 Å². The molecule has 0 aliphatic heterocycles. The molecule has 0 saturated carbocycles. The van der Waals surface area contributed by atoms with Gasteiger partial charge in [0.2, 0.25) is 5.91 Å². The summed E-state index contributed by atoms with van der Waals surface area (Å²) in [6.45, 7) is 7.07. The van der Waals surface area contributed by atoms with Crippen LogP contribution in [0.2, 0.25) is 0 Å². The lowest BCUT2D eigenvalue weighted by Crippen LogP contribution is -2.29. The first-order valence-corrected chi connectivity index (χ1v) is 10.1. The van der Waals surface area contributed by atoms with Crippen LogP contribution in [0.3, 0.4) is 0 Å². The van der Waals surface area contributed by atoms with Gasteiger partial charge in [0.15, 0.2) is 11.0 Å². The van der Waals surface area contributed by atoms with Gasteiger partial charge in [-0.25, -0.2) is 0 Å². The standard InChI is InChI=1S/C21H23N5OS/c1-3-12-26-20(18-10-7-11-22-14-18)24-25-21(26)28-15-19(27)23-13-16(2)17-8-5-4-6-9-17/h3-11,14,16H,1,12-13,15H2,2H3,(H,23,27)/t16-/m0/s1. The van der Waals surface area contributed by atoms with Crippen LogP contribution in [0.1, 0.15) is 18.4 Å². The number of benzene rings is 1. The Balaban J connectivity index is 1.59. The van der Waals surface area contributed by atoms with Crippen LogP contribution in [-0.2, 0) is 11.3 Å². The Bertz CT molecular complexity index is 911. The zero-order valence-corrected chi connectivity index (χ0v) is 16.6. The van der Waals surface area contributed by atoms with Crippen molar-refractivity contribution in [3.63, 3.8) is 0 Å². The van der Waals surface area contributed by atoms with Gasteiger partial charge in [0.1, 0.15) is 0 Å². The van der Waals surface area contributed by atoms with E-state index in [1.165, 1.54) is 17.3 Å². The summed E-state index contributed by atoms with van der Waals surface area (Å²) in [7, 11) is 0. The average Bonchev–Trinajstić information content (AvgIpc) is 3.14. The van der Waals surface area contributed by atoms with E-state index in [9.17, 15) is 4.79 Å². The third kappa shape index (κ3) is 5.07. The number of nitrogens with zero attached hydrogens (tertiary/aromatic N) is 4. The highest BCUT2D eigenvalue weighted by atomic mass is 32.2. The van der Waals surface area contributed by atoms with Gasteiger partial charge in [-0.2, -0.15) is 0 Å². The second kappa shape index (κ2) is 9.85. The van der Waals surface area contributed by atoms with E-state index in [1.807, 2.05) is 34.9 Å². The summed E-state index contributed by atoms with van der Waals surface area (Å²) in [4.78, 5) is 16.4. The lowest BCUT2D eigenvalue weighted by molar-refractivity contribution is -0.118. The predicted octanol–water partition coefficient (Wildman–Crippen LogP) is 3.54. The number of aromatic nitrogens is 4. The summed E-state index contributed by atoms with van der Waals surface area (Å²) < 4.78 is 1.94. The van der Waals surface area contributed by atoms with E-state index in [0.717, 1.165) is 5.56 Å². The topological polar surface area (TPSA) is 72.7 Å². The monoisotopic (exact) mass is 393 g/mol. The molecule has 2 heterocycles. The fraction of sp³-hybridized carbons (Fsp3) is 0.238. The van der Waals surface area contributed by atoms with Gasteiger partial charge in [-0.15, -0.1) is 16.8 Å². The Hall–Kier alpha value is -2.93. The van der Waals surface area contributed by atoms with E-state index < -0.39 is 0 Å². The largest absolute Gasteiger partial charge is 0.355 e. The predicted molar refractivity (Wildman–Crippen MR) is 112 cm³/mol. The molecule has 0 radical (unpaired) electrons. The molecule has 1 aromatic carbocycles. The Morgan fingerprint density at radius 1 is 1.25 bits per heavy atom. The van der Waals surface area contributed by atoms with Crippen LogP contribution in [0.15, 0.2) is 72.7 Å². The highest BCUT2D eigenvalue weighted by Gasteiger charge is 2.15. The highest BCUT2D eigenvalue weighted by molar-refractivity contribution is 7.99. The maximum absolute atomic E-state index is 12.3. The van der Waals surface area contributed by atoms with Crippen molar-refractivity contribution in [2.75, 3.05) is 12.3 Å². The minimum atomic E-state index is -0.0242. The van der Waals surface area contributed by atoms with Gasteiger partial charge in [0.25, 0.3) is 0 Å². The first-order chi connectivity index (χ1) is 13.7. The van der Waals surface area contributed by atoms with Gasteiger partial charge in [-0.05, 0) is 23.6 Å². The van der Waals surface area contributed by atoms with Crippen LogP contribution >= 0.6 is 11.8 Å². The van der Waals surface area contributed by atoms with E-state index in [1.54, 1.807) is 18.5 Å². The molecule has 1 N–H and O–H groups in total. The third-order valence-electron chi connectivity index (χ3n) is 4.25. The van der Waals surface area contributed by atoms with Crippen LogP contribution in [-0.4, -0.2) is 38.0 Å². The lowest BCUT2D eigenvalue weighted by Gasteiger charge is -2.13. The number of carbonyl (C=O) groups is 1. The molecule has 0 aliphatic rings. The summed E-state index contributed by atoms with van der Waals surface area (Å²) in [6.07, 6.45) is 5.25. The van der Waals surface area contributed by atoms with Gasteiger partial charge < -0.3 is 5.32 Å². The smallest absolute Gasteiger partial charge is 0.230 e. The molecule has 3 aromatic rings. The Morgan fingerprint density at radius 3 is 2.79 bits per heavy atom. The van der Waals surface area contributed by atoms with E-state index in [4.69, 9.17) is 0 Å². The zero-order chi connectivity index (χ0) is 19.8. The van der Waals surface area contributed by atoms with Crippen LogP contribution < -0.4 is 5.32 Å². The van der Waals surface area contributed by atoms with E-state index in [-0.39, 0.29) is 17.6 Å². The van der Waals surface area contributed by atoms with E-state index in [2.05, 4.69) is 46.1 Å². The third-order valence-corrected chi connectivity index (χ3v) is 5.22. The quantitative estimate of drug-likeness (QED) is 0.445. The maximum atomic E-state index is 12.3. The number of carbonyl (C=O) groups excluding carboxylic acids is 1. The van der Waals surface area contributed by atoms with Crippen molar-refractivity contribution in [3.05, 3.63) is 73.1 Å². The fourth-order valence-electron chi connectivity index (χ4n) is 2.75. The zero-order valence-electron chi connectivity index (χ0n) is 15.8. The molecule has 1 atom stereocenters. The summed E-state index contributed by atoms with van der Waals surface area (Å²) in [6, 6.07) is 13.9. The Morgan fingerprint density at radius 2 is 2.07 bits per heavy atom. The molecule has 0 fully saturated rings. The second-order valence-electron chi connectivity index (χ2n) is 6.35. The first-order valence-electron chi connectivity index (χ1n) is 9.08. The molecule has 2 aromatic heterocycles. The molecular weight excluding hydrogens is 370 g/mol. The number of allylic oxidation sites excluding steroid dienone is 1. The number of thioether (sulfide) groups is 1. The SMILES string of the molecule is C=CCn1c(SCC(=O)NC[C@H](C)c2ccccc2)nnc1-c1cccnc1. The molecule has 7 heteroatoms. The number of hydrogen-bond acceptors (Lipinski definition) is 5. The lowest BCUT2D eigenvalue weighted by atomic mass is 10.0. The fourth-order valence-corrected chi connectivity index (χ4v) is 3.52.